The van der Waals surface area contributed by atoms with Crippen molar-refractivity contribution < 1.29 is 26.1 Å². The van der Waals surface area contributed by atoms with Gasteiger partial charge in [0, 0.05) is 0 Å². The van der Waals surface area contributed by atoms with Crippen molar-refractivity contribution in [2.24, 2.45) is 0 Å². The predicted octanol–water partition coefficient (Wildman–Crippen LogP) is 5.19. The smallest absolute Gasteiger partial charge is 0.602 e. The SMILES string of the molecule is CC[Si](CC)(CC)O[c-]1cccc1.[Ti+2].c1cc[cH-]c1. The summed E-state index contributed by atoms with van der Waals surface area (Å²) in [6.45, 7) is 6.76. The van der Waals surface area contributed by atoms with Gasteiger partial charge < -0.3 is 4.43 Å². The molecule has 2 aromatic carbocycles. The summed E-state index contributed by atoms with van der Waals surface area (Å²) in [4.78, 5) is 0. The molecule has 0 spiro atoms. The molecular weight excluding hydrogens is 284 g/mol. The summed E-state index contributed by atoms with van der Waals surface area (Å²) in [5.74, 6) is 1.07. The molecule has 2 rings (SSSR count). The van der Waals surface area contributed by atoms with Crippen molar-refractivity contribution in [3.05, 3.63) is 54.6 Å². The minimum atomic E-state index is -1.42. The molecule has 2 aromatic rings. The zero-order valence-electron chi connectivity index (χ0n) is 12.2. The van der Waals surface area contributed by atoms with Crippen molar-refractivity contribution >= 4 is 8.32 Å². The maximum Gasteiger partial charge on any atom is 2.00 e. The molecular formula is C16H24OSiTi. The van der Waals surface area contributed by atoms with Crippen molar-refractivity contribution in [3.8, 4) is 5.75 Å². The van der Waals surface area contributed by atoms with Crippen LogP contribution in [0.15, 0.2) is 54.6 Å². The Morgan fingerprint density at radius 1 is 0.895 bits per heavy atom. The molecule has 102 valence electrons. The maximum absolute atomic E-state index is 6.13. The molecule has 0 aromatic heterocycles. The third-order valence-corrected chi connectivity index (χ3v) is 7.99. The van der Waals surface area contributed by atoms with Crippen LogP contribution in [0.2, 0.25) is 18.1 Å². The van der Waals surface area contributed by atoms with Crippen molar-refractivity contribution in [3.63, 3.8) is 0 Å². The summed E-state index contributed by atoms with van der Waals surface area (Å²) in [7, 11) is -1.42. The first kappa shape index (κ1) is 18.4. The molecule has 19 heavy (non-hydrogen) atoms. The Balaban J connectivity index is 0.000000454. The zero-order valence-corrected chi connectivity index (χ0v) is 14.8. The van der Waals surface area contributed by atoms with Gasteiger partial charge in [-0.25, -0.2) is 24.3 Å². The van der Waals surface area contributed by atoms with Crippen LogP contribution in [0.5, 0.6) is 5.75 Å². The molecule has 0 unspecified atom stereocenters. The molecule has 1 nitrogen and oxygen atoms in total. The molecule has 0 fully saturated rings. The summed E-state index contributed by atoms with van der Waals surface area (Å²) in [5, 5.41) is 0. The van der Waals surface area contributed by atoms with Crippen LogP contribution in [-0.4, -0.2) is 8.32 Å². The fourth-order valence-corrected chi connectivity index (χ4v) is 4.53. The second-order valence-electron chi connectivity index (χ2n) is 4.43. The Labute approximate surface area is 133 Å². The van der Waals surface area contributed by atoms with E-state index in [9.17, 15) is 0 Å². The summed E-state index contributed by atoms with van der Waals surface area (Å²) in [6, 6.07) is 21.8. The summed E-state index contributed by atoms with van der Waals surface area (Å²) >= 11 is 0. The van der Waals surface area contributed by atoms with Gasteiger partial charge in [-0.05, 0) is 23.9 Å². The summed E-state index contributed by atoms with van der Waals surface area (Å²) in [5.41, 5.74) is 0. The monoisotopic (exact) mass is 308 g/mol. The van der Waals surface area contributed by atoms with E-state index >= 15 is 0 Å². The molecule has 0 saturated carbocycles. The predicted molar refractivity (Wildman–Crippen MR) is 81.9 cm³/mol. The van der Waals surface area contributed by atoms with Gasteiger partial charge in [0.25, 0.3) is 0 Å². The molecule has 3 heteroatoms. The van der Waals surface area contributed by atoms with Crippen LogP contribution >= 0.6 is 0 Å². The Kier molecular flexibility index (Phi) is 9.94. The van der Waals surface area contributed by atoms with Crippen LogP contribution < -0.4 is 4.43 Å². The molecule has 0 aliphatic carbocycles. The fourth-order valence-electron chi connectivity index (χ4n) is 1.96. The largest absolute Gasteiger partial charge is 2.00 e. The minimum Gasteiger partial charge on any atom is -0.602 e. The van der Waals surface area contributed by atoms with E-state index in [1.54, 1.807) is 0 Å². The van der Waals surface area contributed by atoms with Crippen molar-refractivity contribution in [1.29, 1.82) is 0 Å². The molecule has 0 heterocycles. The average molecular weight is 308 g/mol. The molecule has 0 amide bonds. The third-order valence-electron chi connectivity index (χ3n) is 3.46. The van der Waals surface area contributed by atoms with Crippen LogP contribution in [-0.2, 0) is 21.7 Å². The fraction of sp³-hybridized carbons (Fsp3) is 0.375. The van der Waals surface area contributed by atoms with Gasteiger partial charge in [0.05, 0.1) is 0 Å². The first-order valence-electron chi connectivity index (χ1n) is 6.83. The number of hydrogen-bond donors (Lipinski definition) is 0. The molecule has 0 radical (unpaired) electrons. The van der Waals surface area contributed by atoms with Crippen LogP contribution in [0.4, 0.5) is 0 Å². The van der Waals surface area contributed by atoms with E-state index < -0.39 is 8.32 Å². The number of rotatable bonds is 5. The maximum atomic E-state index is 6.13. The topological polar surface area (TPSA) is 9.23 Å². The average Bonchev–Trinajstić information content (AvgIpc) is 3.11. The normalized spacial score (nSPS) is 10.1. The van der Waals surface area contributed by atoms with Crippen molar-refractivity contribution in [2.45, 2.75) is 38.9 Å². The van der Waals surface area contributed by atoms with E-state index in [0.717, 1.165) is 5.75 Å². The van der Waals surface area contributed by atoms with E-state index in [-0.39, 0.29) is 21.7 Å². The van der Waals surface area contributed by atoms with Gasteiger partial charge >= 0.3 is 21.7 Å². The van der Waals surface area contributed by atoms with E-state index in [0.29, 0.717) is 0 Å². The molecule has 0 atom stereocenters. The number of hydrogen-bond acceptors (Lipinski definition) is 1. The quantitative estimate of drug-likeness (QED) is 0.545. The van der Waals surface area contributed by atoms with E-state index in [1.165, 1.54) is 18.1 Å². The molecule has 0 N–H and O–H groups in total. The van der Waals surface area contributed by atoms with Gasteiger partial charge in [-0.3, -0.25) is 0 Å². The summed E-state index contributed by atoms with van der Waals surface area (Å²) < 4.78 is 6.13. The Morgan fingerprint density at radius 2 is 1.37 bits per heavy atom. The standard InChI is InChI=1S/C11H19OSi.C5H5.Ti/c1-4-13(5-2,6-3)12-11-9-7-8-10-11;1-2-4-5-3-1;/h7-10H,4-6H2,1-3H3;1-5H;/q2*-1;+2. The summed E-state index contributed by atoms with van der Waals surface area (Å²) in [6.07, 6.45) is 0. The van der Waals surface area contributed by atoms with Gasteiger partial charge in [-0.2, -0.15) is 18.2 Å². The minimum absolute atomic E-state index is 0. The van der Waals surface area contributed by atoms with Crippen molar-refractivity contribution in [1.82, 2.24) is 0 Å². The second-order valence-corrected chi connectivity index (χ2v) is 9.12. The van der Waals surface area contributed by atoms with Gasteiger partial charge in [0.1, 0.15) is 0 Å². The molecule has 0 bridgehead atoms. The van der Waals surface area contributed by atoms with Crippen molar-refractivity contribution in [2.75, 3.05) is 0 Å². The van der Waals surface area contributed by atoms with Crippen LogP contribution in [0.25, 0.3) is 0 Å². The van der Waals surface area contributed by atoms with Crippen LogP contribution in [0.1, 0.15) is 20.8 Å². The van der Waals surface area contributed by atoms with E-state index in [4.69, 9.17) is 4.43 Å². The first-order valence-corrected chi connectivity index (χ1v) is 9.36. The van der Waals surface area contributed by atoms with Gasteiger partial charge in [-0.15, -0.1) is 12.1 Å². The zero-order chi connectivity index (χ0) is 13.3. The van der Waals surface area contributed by atoms with E-state index in [2.05, 4.69) is 32.9 Å². The third kappa shape index (κ3) is 6.42. The Morgan fingerprint density at radius 3 is 1.68 bits per heavy atom. The van der Waals surface area contributed by atoms with Gasteiger partial charge in [-0.1, -0.05) is 20.8 Å². The van der Waals surface area contributed by atoms with Gasteiger partial charge in [0.15, 0.2) is 0 Å². The molecule has 0 saturated heterocycles. The van der Waals surface area contributed by atoms with E-state index in [1.807, 2.05) is 42.5 Å². The van der Waals surface area contributed by atoms with Crippen LogP contribution in [0.3, 0.4) is 0 Å². The van der Waals surface area contributed by atoms with Crippen LogP contribution in [0, 0.1) is 0 Å². The Bertz CT molecular complexity index is 351. The first-order chi connectivity index (χ1) is 8.76. The molecule has 0 aliphatic heterocycles. The Hall–Kier alpha value is -0.569. The molecule has 0 aliphatic rings. The van der Waals surface area contributed by atoms with Gasteiger partial charge in [0.2, 0.25) is 8.32 Å². The second kappa shape index (κ2) is 10.2.